The number of nitrogens with one attached hydrogen (secondary N) is 2. The molecule has 0 saturated heterocycles. The van der Waals surface area contributed by atoms with Crippen LogP contribution in [-0.4, -0.2) is 5.91 Å². The second kappa shape index (κ2) is 6.97. The van der Waals surface area contributed by atoms with Crippen molar-refractivity contribution in [1.82, 2.24) is 0 Å². The molecule has 0 aliphatic carbocycles. The summed E-state index contributed by atoms with van der Waals surface area (Å²) in [5, 5.41) is 6.41. The third-order valence-corrected chi connectivity index (χ3v) is 3.55. The minimum atomic E-state index is 0.0216. The van der Waals surface area contributed by atoms with Crippen molar-refractivity contribution >= 4 is 17.3 Å². The van der Waals surface area contributed by atoms with Crippen LogP contribution in [0.3, 0.4) is 0 Å². The second-order valence-corrected chi connectivity index (χ2v) is 5.00. The molecule has 2 aromatic rings. The van der Waals surface area contributed by atoms with Crippen molar-refractivity contribution in [3.63, 3.8) is 0 Å². The fourth-order valence-electron chi connectivity index (χ4n) is 2.22. The Balaban J connectivity index is 2.20. The summed E-state index contributed by atoms with van der Waals surface area (Å²) in [6.07, 6.45) is 3.07. The minimum absolute atomic E-state index is 0.0216. The summed E-state index contributed by atoms with van der Waals surface area (Å²) in [6, 6.07) is 9.86. The highest BCUT2D eigenvalue weighted by Crippen LogP contribution is 2.28. The molecular formula is C17H22N2O2. The lowest BCUT2D eigenvalue weighted by Gasteiger charge is -2.19. The van der Waals surface area contributed by atoms with E-state index in [4.69, 9.17) is 4.42 Å². The van der Waals surface area contributed by atoms with Gasteiger partial charge in [0.15, 0.2) is 0 Å². The summed E-state index contributed by atoms with van der Waals surface area (Å²) >= 11 is 0. The van der Waals surface area contributed by atoms with Crippen molar-refractivity contribution in [3.8, 4) is 0 Å². The van der Waals surface area contributed by atoms with Crippen LogP contribution in [0.1, 0.15) is 44.1 Å². The maximum Gasteiger partial charge on any atom is 0.224 e. The van der Waals surface area contributed by atoms with Gasteiger partial charge in [-0.25, -0.2) is 0 Å². The Hall–Kier alpha value is -2.23. The molecule has 4 nitrogen and oxygen atoms in total. The Kier molecular flexibility index (Phi) is 5.04. The fraction of sp³-hybridized carbons (Fsp3) is 0.353. The summed E-state index contributed by atoms with van der Waals surface area (Å²) in [7, 11) is 0. The molecule has 112 valence electrons. The summed E-state index contributed by atoms with van der Waals surface area (Å²) in [5.41, 5.74) is 2.89. The van der Waals surface area contributed by atoms with Crippen LogP contribution in [-0.2, 0) is 4.79 Å². The number of carbonyl (C=O) groups is 1. The lowest BCUT2D eigenvalue weighted by molar-refractivity contribution is -0.115. The number of anilines is 2. The van der Waals surface area contributed by atoms with E-state index >= 15 is 0 Å². The average Bonchev–Trinajstić information content (AvgIpc) is 3.02. The topological polar surface area (TPSA) is 54.3 Å². The highest BCUT2D eigenvalue weighted by molar-refractivity contribution is 5.92. The molecule has 2 rings (SSSR count). The van der Waals surface area contributed by atoms with Crippen LogP contribution in [0.5, 0.6) is 0 Å². The first-order valence-electron chi connectivity index (χ1n) is 7.35. The minimum Gasteiger partial charge on any atom is -0.467 e. The average molecular weight is 286 g/mol. The van der Waals surface area contributed by atoms with Gasteiger partial charge in [0.2, 0.25) is 5.91 Å². The third-order valence-electron chi connectivity index (χ3n) is 3.55. The molecule has 2 N–H and O–H groups in total. The van der Waals surface area contributed by atoms with Gasteiger partial charge in [-0.2, -0.15) is 0 Å². The number of hydrogen-bond acceptors (Lipinski definition) is 3. The molecule has 0 radical (unpaired) electrons. The molecule has 1 aromatic carbocycles. The summed E-state index contributed by atoms with van der Waals surface area (Å²) in [4.78, 5) is 11.6. The van der Waals surface area contributed by atoms with E-state index in [0.717, 1.165) is 29.1 Å². The van der Waals surface area contributed by atoms with E-state index in [9.17, 15) is 4.79 Å². The number of benzene rings is 1. The normalized spacial score (nSPS) is 12.0. The first-order valence-corrected chi connectivity index (χ1v) is 7.35. The first-order chi connectivity index (χ1) is 10.2. The van der Waals surface area contributed by atoms with Crippen LogP contribution in [0.15, 0.2) is 41.0 Å². The van der Waals surface area contributed by atoms with Gasteiger partial charge in [-0.1, -0.05) is 19.9 Å². The van der Waals surface area contributed by atoms with Crippen molar-refractivity contribution in [2.75, 3.05) is 10.6 Å². The maximum absolute atomic E-state index is 11.6. The molecule has 0 fully saturated rings. The standard InChI is InChI=1S/C17H22N2O2/c1-4-13(16-10-7-11-21-16)18-14-8-6-9-15(12(14)3)19-17(20)5-2/h6-11,13,18H,4-5H2,1-3H3,(H,19,20). The Morgan fingerprint density at radius 2 is 1.95 bits per heavy atom. The van der Waals surface area contributed by atoms with E-state index in [-0.39, 0.29) is 11.9 Å². The fourth-order valence-corrected chi connectivity index (χ4v) is 2.22. The van der Waals surface area contributed by atoms with Gasteiger partial charge in [-0.3, -0.25) is 4.79 Å². The van der Waals surface area contributed by atoms with Crippen LogP contribution in [0.2, 0.25) is 0 Å². The van der Waals surface area contributed by atoms with Crippen molar-refractivity contribution in [3.05, 3.63) is 47.9 Å². The molecule has 0 aliphatic rings. The molecule has 21 heavy (non-hydrogen) atoms. The predicted molar refractivity (Wildman–Crippen MR) is 85.5 cm³/mol. The molecule has 0 spiro atoms. The highest BCUT2D eigenvalue weighted by Gasteiger charge is 2.14. The molecule has 4 heteroatoms. The molecule has 0 aliphatic heterocycles. The molecule has 1 amide bonds. The first kappa shape index (κ1) is 15.2. The lowest BCUT2D eigenvalue weighted by Crippen LogP contribution is -2.13. The van der Waals surface area contributed by atoms with E-state index in [2.05, 4.69) is 17.6 Å². The van der Waals surface area contributed by atoms with E-state index in [0.29, 0.717) is 6.42 Å². The lowest BCUT2D eigenvalue weighted by atomic mass is 10.1. The molecule has 0 saturated carbocycles. The van der Waals surface area contributed by atoms with Crippen LogP contribution < -0.4 is 10.6 Å². The van der Waals surface area contributed by atoms with E-state index in [1.54, 1.807) is 6.26 Å². The quantitative estimate of drug-likeness (QED) is 0.822. The number of rotatable bonds is 6. The van der Waals surface area contributed by atoms with Gasteiger partial charge in [0.05, 0.1) is 12.3 Å². The zero-order valence-corrected chi connectivity index (χ0v) is 12.8. The third kappa shape index (κ3) is 3.66. The van der Waals surface area contributed by atoms with Gasteiger partial charge in [-0.15, -0.1) is 0 Å². The van der Waals surface area contributed by atoms with E-state index < -0.39 is 0 Å². The summed E-state index contributed by atoms with van der Waals surface area (Å²) < 4.78 is 5.48. The van der Waals surface area contributed by atoms with Crippen molar-refractivity contribution in [2.24, 2.45) is 0 Å². The number of carbonyl (C=O) groups excluding carboxylic acids is 1. The van der Waals surface area contributed by atoms with Crippen molar-refractivity contribution in [1.29, 1.82) is 0 Å². The molecule has 1 heterocycles. The smallest absolute Gasteiger partial charge is 0.224 e. The SMILES string of the molecule is CCC(=O)Nc1cccc(NC(CC)c2ccco2)c1C. The zero-order valence-electron chi connectivity index (χ0n) is 12.8. The number of hydrogen-bond donors (Lipinski definition) is 2. The van der Waals surface area contributed by atoms with Crippen molar-refractivity contribution < 1.29 is 9.21 Å². The van der Waals surface area contributed by atoms with Crippen LogP contribution in [0.25, 0.3) is 0 Å². The van der Waals surface area contributed by atoms with E-state index in [1.807, 2.05) is 44.2 Å². The van der Waals surface area contributed by atoms with Crippen LogP contribution in [0.4, 0.5) is 11.4 Å². The van der Waals surface area contributed by atoms with Gasteiger partial charge in [-0.05, 0) is 43.2 Å². The zero-order chi connectivity index (χ0) is 15.2. The number of amides is 1. The second-order valence-electron chi connectivity index (χ2n) is 5.00. The van der Waals surface area contributed by atoms with Gasteiger partial charge >= 0.3 is 0 Å². The predicted octanol–water partition coefficient (Wildman–Crippen LogP) is 4.50. The molecule has 0 bridgehead atoms. The monoisotopic (exact) mass is 286 g/mol. The van der Waals surface area contributed by atoms with E-state index in [1.165, 1.54) is 0 Å². The van der Waals surface area contributed by atoms with Crippen molar-refractivity contribution in [2.45, 2.75) is 39.7 Å². The van der Waals surface area contributed by atoms with Gasteiger partial charge in [0.1, 0.15) is 5.76 Å². The van der Waals surface area contributed by atoms with Crippen LogP contribution in [0, 0.1) is 6.92 Å². The maximum atomic E-state index is 11.6. The van der Waals surface area contributed by atoms with Gasteiger partial charge in [0, 0.05) is 17.8 Å². The number of furan rings is 1. The Labute approximate surface area is 125 Å². The van der Waals surface area contributed by atoms with Crippen LogP contribution >= 0.6 is 0 Å². The molecular weight excluding hydrogens is 264 g/mol. The highest BCUT2D eigenvalue weighted by atomic mass is 16.3. The Morgan fingerprint density at radius 3 is 2.57 bits per heavy atom. The molecule has 1 atom stereocenters. The Bertz CT molecular complexity index is 591. The largest absolute Gasteiger partial charge is 0.467 e. The summed E-state index contributed by atoms with van der Waals surface area (Å²) in [6.45, 7) is 5.96. The molecule has 1 unspecified atom stereocenters. The Morgan fingerprint density at radius 1 is 1.19 bits per heavy atom. The van der Waals surface area contributed by atoms with Gasteiger partial charge < -0.3 is 15.1 Å². The molecule has 1 aromatic heterocycles. The van der Waals surface area contributed by atoms with Gasteiger partial charge in [0.25, 0.3) is 0 Å². The summed E-state index contributed by atoms with van der Waals surface area (Å²) in [5.74, 6) is 0.938.